The van der Waals surface area contributed by atoms with Gasteiger partial charge in [-0.25, -0.2) is 8.42 Å². The molecule has 0 atom stereocenters. The molecule has 168 valence electrons. The summed E-state index contributed by atoms with van der Waals surface area (Å²) in [5.41, 5.74) is 0.772. The van der Waals surface area contributed by atoms with Crippen LogP contribution in [0, 0.1) is 0 Å². The summed E-state index contributed by atoms with van der Waals surface area (Å²) in [6.45, 7) is 1.12. The third-order valence-corrected chi connectivity index (χ3v) is 7.58. The minimum Gasteiger partial charge on any atom is -0.340 e. The molecule has 0 unspecified atom stereocenters. The van der Waals surface area contributed by atoms with Crippen LogP contribution in [0.2, 0.25) is 10.0 Å². The second-order valence-corrected chi connectivity index (χ2v) is 10.1. The van der Waals surface area contributed by atoms with Crippen molar-refractivity contribution in [1.82, 2.24) is 19.3 Å². The number of benzene rings is 2. The molecule has 1 amide bonds. The number of hydrogen-bond acceptors (Lipinski definition) is 6. The highest BCUT2D eigenvalue weighted by molar-refractivity contribution is 7.89. The minimum atomic E-state index is -3.61. The van der Waals surface area contributed by atoms with Gasteiger partial charge in [0, 0.05) is 54.6 Å². The van der Waals surface area contributed by atoms with Crippen molar-refractivity contribution in [3.05, 3.63) is 64.5 Å². The molecule has 3 aromatic rings. The molecule has 0 aliphatic carbocycles. The molecule has 2 heterocycles. The minimum absolute atomic E-state index is 0.0835. The van der Waals surface area contributed by atoms with Gasteiger partial charge in [0.1, 0.15) is 0 Å². The van der Waals surface area contributed by atoms with Crippen molar-refractivity contribution >= 4 is 39.1 Å². The van der Waals surface area contributed by atoms with Crippen LogP contribution in [-0.2, 0) is 21.2 Å². The van der Waals surface area contributed by atoms with E-state index in [1.165, 1.54) is 16.4 Å². The van der Waals surface area contributed by atoms with Crippen molar-refractivity contribution in [1.29, 1.82) is 0 Å². The second-order valence-electron chi connectivity index (χ2n) is 7.26. The molecule has 1 fully saturated rings. The first-order chi connectivity index (χ1) is 15.3. The standard InChI is InChI=1S/C21H20Cl2N4O4S/c22-16-3-1-15(2-4-16)21-24-19(31-25-21)9-10-20(28)26-11-13-27(14-12-26)32(29,30)18-7-5-17(23)6-8-18/h1-8H,9-14H2. The maximum absolute atomic E-state index is 12.8. The summed E-state index contributed by atoms with van der Waals surface area (Å²) in [5, 5.41) is 5.03. The third kappa shape index (κ3) is 5.12. The number of nitrogens with zero attached hydrogens (tertiary/aromatic N) is 4. The van der Waals surface area contributed by atoms with Gasteiger partial charge in [-0.15, -0.1) is 0 Å². The maximum atomic E-state index is 12.8. The monoisotopic (exact) mass is 494 g/mol. The number of rotatable bonds is 6. The molecular formula is C21H20Cl2N4O4S. The summed E-state index contributed by atoms with van der Waals surface area (Å²) in [7, 11) is -3.61. The van der Waals surface area contributed by atoms with Crippen LogP contribution in [0.3, 0.4) is 0 Å². The zero-order valence-corrected chi connectivity index (χ0v) is 19.3. The van der Waals surface area contributed by atoms with Crippen molar-refractivity contribution in [2.75, 3.05) is 26.2 Å². The predicted molar refractivity (Wildman–Crippen MR) is 120 cm³/mol. The summed E-state index contributed by atoms with van der Waals surface area (Å²) < 4.78 is 32.2. The SMILES string of the molecule is O=C(CCc1nc(-c2ccc(Cl)cc2)no1)N1CCN(S(=O)(=O)c2ccc(Cl)cc2)CC1. The molecule has 1 saturated heterocycles. The molecule has 1 aromatic heterocycles. The third-order valence-electron chi connectivity index (χ3n) is 5.17. The molecule has 0 bridgehead atoms. The highest BCUT2D eigenvalue weighted by Crippen LogP contribution is 2.21. The Morgan fingerprint density at radius 2 is 1.53 bits per heavy atom. The average Bonchev–Trinajstić information content (AvgIpc) is 3.27. The molecular weight excluding hydrogens is 475 g/mol. The van der Waals surface area contributed by atoms with Crippen LogP contribution in [-0.4, -0.2) is 59.8 Å². The number of amides is 1. The number of halogens is 2. The van der Waals surface area contributed by atoms with E-state index in [-0.39, 0.29) is 30.3 Å². The fourth-order valence-electron chi connectivity index (χ4n) is 3.38. The van der Waals surface area contributed by atoms with Crippen LogP contribution in [0.15, 0.2) is 57.9 Å². The summed E-state index contributed by atoms with van der Waals surface area (Å²) in [4.78, 5) is 18.8. The molecule has 0 N–H and O–H groups in total. The summed E-state index contributed by atoms with van der Waals surface area (Å²) in [6.07, 6.45) is 0.509. The Kier molecular flexibility index (Phi) is 6.80. The molecule has 32 heavy (non-hydrogen) atoms. The maximum Gasteiger partial charge on any atom is 0.243 e. The molecule has 1 aliphatic heterocycles. The van der Waals surface area contributed by atoms with Crippen molar-refractivity contribution in [2.45, 2.75) is 17.7 Å². The average molecular weight is 495 g/mol. The van der Waals surface area contributed by atoms with Gasteiger partial charge in [-0.2, -0.15) is 9.29 Å². The Bertz CT molecular complexity index is 1190. The zero-order chi connectivity index (χ0) is 22.7. The first-order valence-corrected chi connectivity index (χ1v) is 12.1. The number of piperazine rings is 1. The largest absolute Gasteiger partial charge is 0.340 e. The number of carbonyl (C=O) groups excluding carboxylic acids is 1. The van der Waals surface area contributed by atoms with Crippen molar-refractivity contribution in [3.63, 3.8) is 0 Å². The lowest BCUT2D eigenvalue weighted by molar-refractivity contribution is -0.132. The van der Waals surface area contributed by atoms with Gasteiger partial charge in [0.15, 0.2) is 0 Å². The van der Waals surface area contributed by atoms with Gasteiger partial charge in [0.05, 0.1) is 4.90 Å². The number of hydrogen-bond donors (Lipinski definition) is 0. The quantitative estimate of drug-likeness (QED) is 0.520. The molecule has 11 heteroatoms. The number of carbonyl (C=O) groups is 1. The van der Waals surface area contributed by atoms with Gasteiger partial charge in [0.2, 0.25) is 27.6 Å². The number of sulfonamides is 1. The highest BCUT2D eigenvalue weighted by Gasteiger charge is 2.30. The molecule has 2 aromatic carbocycles. The molecule has 1 aliphatic rings. The van der Waals surface area contributed by atoms with Crippen molar-refractivity contribution in [3.8, 4) is 11.4 Å². The zero-order valence-electron chi connectivity index (χ0n) is 16.9. The Hall–Kier alpha value is -2.46. The van der Waals surface area contributed by atoms with Crippen LogP contribution in [0.5, 0.6) is 0 Å². The first-order valence-electron chi connectivity index (χ1n) is 9.95. The Morgan fingerprint density at radius 1 is 0.938 bits per heavy atom. The fraction of sp³-hybridized carbons (Fsp3) is 0.286. The number of aryl methyl sites for hydroxylation is 1. The lowest BCUT2D eigenvalue weighted by atomic mass is 10.2. The van der Waals surface area contributed by atoms with E-state index < -0.39 is 10.0 Å². The Balaban J connectivity index is 1.29. The van der Waals surface area contributed by atoms with E-state index in [0.29, 0.717) is 41.3 Å². The summed E-state index contributed by atoms with van der Waals surface area (Å²) in [6, 6.07) is 13.1. The van der Waals surface area contributed by atoms with E-state index in [0.717, 1.165) is 5.56 Å². The van der Waals surface area contributed by atoms with Gasteiger partial charge in [-0.1, -0.05) is 28.4 Å². The van der Waals surface area contributed by atoms with E-state index in [1.54, 1.807) is 41.3 Å². The van der Waals surface area contributed by atoms with Crippen LogP contribution in [0.4, 0.5) is 0 Å². The van der Waals surface area contributed by atoms with Gasteiger partial charge in [-0.05, 0) is 48.5 Å². The normalized spacial score (nSPS) is 15.1. The van der Waals surface area contributed by atoms with Crippen LogP contribution < -0.4 is 0 Å². The fourth-order valence-corrected chi connectivity index (χ4v) is 5.05. The van der Waals surface area contributed by atoms with Gasteiger partial charge >= 0.3 is 0 Å². The van der Waals surface area contributed by atoms with Gasteiger partial charge < -0.3 is 9.42 Å². The Labute approximate surface area is 195 Å². The van der Waals surface area contributed by atoms with Crippen LogP contribution in [0.1, 0.15) is 12.3 Å². The molecule has 8 nitrogen and oxygen atoms in total. The van der Waals surface area contributed by atoms with E-state index in [4.69, 9.17) is 27.7 Å². The summed E-state index contributed by atoms with van der Waals surface area (Å²) in [5.74, 6) is 0.720. The smallest absolute Gasteiger partial charge is 0.243 e. The van der Waals surface area contributed by atoms with E-state index in [9.17, 15) is 13.2 Å². The van der Waals surface area contributed by atoms with E-state index >= 15 is 0 Å². The van der Waals surface area contributed by atoms with E-state index in [2.05, 4.69) is 10.1 Å². The second kappa shape index (κ2) is 9.58. The lowest BCUT2D eigenvalue weighted by Crippen LogP contribution is -2.50. The molecule has 0 saturated carbocycles. The number of aromatic nitrogens is 2. The molecule has 4 rings (SSSR count). The Morgan fingerprint density at radius 3 is 2.16 bits per heavy atom. The lowest BCUT2D eigenvalue weighted by Gasteiger charge is -2.34. The summed E-state index contributed by atoms with van der Waals surface area (Å²) >= 11 is 11.7. The van der Waals surface area contributed by atoms with Crippen molar-refractivity contribution in [2.24, 2.45) is 0 Å². The molecule has 0 radical (unpaired) electrons. The van der Waals surface area contributed by atoms with Crippen LogP contribution >= 0.6 is 23.2 Å². The highest BCUT2D eigenvalue weighted by atomic mass is 35.5. The first kappa shape index (κ1) is 22.7. The topological polar surface area (TPSA) is 96.6 Å². The molecule has 0 spiro atoms. The van der Waals surface area contributed by atoms with E-state index in [1.807, 2.05) is 0 Å². The van der Waals surface area contributed by atoms with Crippen molar-refractivity contribution < 1.29 is 17.7 Å². The van der Waals surface area contributed by atoms with Crippen LogP contribution in [0.25, 0.3) is 11.4 Å². The van der Waals surface area contributed by atoms with Gasteiger partial charge in [-0.3, -0.25) is 4.79 Å². The predicted octanol–water partition coefficient (Wildman–Crippen LogP) is 3.51. The van der Waals surface area contributed by atoms with Gasteiger partial charge in [0.25, 0.3) is 0 Å².